The van der Waals surface area contributed by atoms with Gasteiger partial charge in [-0.25, -0.2) is 0 Å². The second kappa shape index (κ2) is 7.67. The van der Waals surface area contributed by atoms with Crippen LogP contribution in [0.5, 0.6) is 0 Å². The number of hydrogen-bond donors (Lipinski definition) is 1. The van der Waals surface area contributed by atoms with Crippen LogP contribution in [0, 0.1) is 6.92 Å². The van der Waals surface area contributed by atoms with Crippen molar-refractivity contribution in [2.45, 2.75) is 75.8 Å². The van der Waals surface area contributed by atoms with Gasteiger partial charge in [-0.3, -0.25) is 4.79 Å². The Morgan fingerprint density at radius 2 is 1.88 bits per heavy atom. The molecule has 2 bridgehead atoms. The maximum Gasteiger partial charge on any atom is 0.233 e. The van der Waals surface area contributed by atoms with Gasteiger partial charge in [-0.2, -0.15) is 0 Å². The first-order valence-corrected chi connectivity index (χ1v) is 9.81. The van der Waals surface area contributed by atoms with Gasteiger partial charge in [0.2, 0.25) is 5.91 Å². The maximum absolute atomic E-state index is 13.9. The lowest BCUT2D eigenvalue weighted by molar-refractivity contribution is -0.141. The zero-order valence-electron chi connectivity index (χ0n) is 15.3. The van der Waals surface area contributed by atoms with Crippen LogP contribution in [0.4, 0.5) is 0 Å². The maximum atomic E-state index is 13.9. The van der Waals surface area contributed by atoms with Crippen LogP contribution in [-0.4, -0.2) is 36.0 Å². The molecule has 1 N–H and O–H groups in total. The van der Waals surface area contributed by atoms with Crippen LogP contribution < -0.4 is 5.32 Å². The predicted molar refractivity (Wildman–Crippen MR) is 104 cm³/mol. The van der Waals surface area contributed by atoms with Gasteiger partial charge in [0.15, 0.2) is 0 Å². The summed E-state index contributed by atoms with van der Waals surface area (Å²) < 4.78 is 0. The number of nitrogens with one attached hydrogen (secondary N) is 1. The van der Waals surface area contributed by atoms with Gasteiger partial charge in [0, 0.05) is 18.6 Å². The highest BCUT2D eigenvalue weighted by molar-refractivity contribution is 5.89. The number of rotatable bonds is 2. The van der Waals surface area contributed by atoms with E-state index in [0.717, 1.165) is 32.4 Å². The van der Waals surface area contributed by atoms with Crippen LogP contribution in [0.2, 0.25) is 0 Å². The minimum Gasteiger partial charge on any atom is -0.335 e. The van der Waals surface area contributed by atoms with Gasteiger partial charge in [0.1, 0.15) is 0 Å². The summed E-state index contributed by atoms with van der Waals surface area (Å²) in [5.41, 5.74) is 2.27. The molecule has 1 aromatic rings. The average molecular weight is 363 g/mol. The molecular formula is C21H31ClN2O. The third-order valence-electron chi connectivity index (χ3n) is 6.58. The molecule has 2 atom stereocenters. The van der Waals surface area contributed by atoms with E-state index < -0.39 is 0 Å². The van der Waals surface area contributed by atoms with Crippen molar-refractivity contribution in [1.82, 2.24) is 10.2 Å². The van der Waals surface area contributed by atoms with E-state index in [1.54, 1.807) is 0 Å². The molecule has 0 radical (unpaired) electrons. The summed E-state index contributed by atoms with van der Waals surface area (Å²) in [5, 5.41) is 3.53. The average Bonchev–Trinajstić information content (AvgIpc) is 2.87. The first-order valence-electron chi connectivity index (χ1n) is 9.81. The van der Waals surface area contributed by atoms with E-state index in [2.05, 4.69) is 41.4 Å². The van der Waals surface area contributed by atoms with Gasteiger partial charge in [-0.05, 0) is 51.1 Å². The Bertz CT molecular complexity index is 598. The van der Waals surface area contributed by atoms with Crippen molar-refractivity contribution < 1.29 is 4.79 Å². The molecular weight excluding hydrogens is 332 g/mol. The Morgan fingerprint density at radius 1 is 1.12 bits per heavy atom. The van der Waals surface area contributed by atoms with Crippen molar-refractivity contribution in [3.8, 4) is 0 Å². The highest BCUT2D eigenvalue weighted by Gasteiger charge is 2.48. The van der Waals surface area contributed by atoms with E-state index in [9.17, 15) is 4.79 Å². The Morgan fingerprint density at radius 3 is 2.64 bits per heavy atom. The number of aryl methyl sites for hydroxylation is 1. The molecule has 0 aromatic heterocycles. The number of benzene rings is 1. The summed E-state index contributed by atoms with van der Waals surface area (Å²) in [4.78, 5) is 16.2. The lowest BCUT2D eigenvalue weighted by atomic mass is 9.68. The summed E-state index contributed by atoms with van der Waals surface area (Å²) >= 11 is 0. The van der Waals surface area contributed by atoms with E-state index in [1.165, 1.54) is 43.2 Å². The van der Waals surface area contributed by atoms with E-state index >= 15 is 0 Å². The molecule has 4 rings (SSSR count). The molecule has 2 heterocycles. The highest BCUT2D eigenvalue weighted by Crippen LogP contribution is 2.44. The topological polar surface area (TPSA) is 32.3 Å². The van der Waals surface area contributed by atoms with Gasteiger partial charge >= 0.3 is 0 Å². The third kappa shape index (κ3) is 3.33. The quantitative estimate of drug-likeness (QED) is 0.863. The smallest absolute Gasteiger partial charge is 0.233 e. The van der Waals surface area contributed by atoms with Crippen LogP contribution in [0.15, 0.2) is 24.3 Å². The summed E-state index contributed by atoms with van der Waals surface area (Å²) in [6.45, 7) is 4.18. The molecule has 1 aromatic carbocycles. The van der Waals surface area contributed by atoms with Crippen LogP contribution >= 0.6 is 12.4 Å². The minimum absolute atomic E-state index is 0. The Hall–Kier alpha value is -1.06. The molecule has 2 unspecified atom stereocenters. The van der Waals surface area contributed by atoms with Crippen molar-refractivity contribution in [3.05, 3.63) is 35.4 Å². The number of carbonyl (C=O) groups excluding carboxylic acids is 1. The number of halogens is 1. The molecule has 2 aliphatic heterocycles. The monoisotopic (exact) mass is 362 g/mol. The first kappa shape index (κ1) is 18.7. The number of nitrogens with zero attached hydrogens (tertiary/aromatic N) is 1. The summed E-state index contributed by atoms with van der Waals surface area (Å²) in [7, 11) is 0. The predicted octanol–water partition coefficient (Wildman–Crippen LogP) is 3.97. The third-order valence-corrected chi connectivity index (χ3v) is 6.58. The van der Waals surface area contributed by atoms with Crippen molar-refractivity contribution in [3.63, 3.8) is 0 Å². The second-order valence-corrected chi connectivity index (χ2v) is 8.10. The summed E-state index contributed by atoms with van der Waals surface area (Å²) in [6.07, 6.45) is 9.18. The van der Waals surface area contributed by atoms with Crippen molar-refractivity contribution in [2.75, 3.05) is 13.1 Å². The van der Waals surface area contributed by atoms with Crippen molar-refractivity contribution in [2.24, 2.45) is 0 Å². The Kier molecular flexibility index (Phi) is 5.75. The molecule has 3 fully saturated rings. The molecule has 25 heavy (non-hydrogen) atoms. The first-order chi connectivity index (χ1) is 11.7. The largest absolute Gasteiger partial charge is 0.335 e. The van der Waals surface area contributed by atoms with Crippen LogP contribution in [0.25, 0.3) is 0 Å². The molecule has 138 valence electrons. The highest BCUT2D eigenvalue weighted by atomic mass is 35.5. The molecule has 2 saturated heterocycles. The van der Waals surface area contributed by atoms with E-state index in [4.69, 9.17) is 0 Å². The van der Waals surface area contributed by atoms with Crippen molar-refractivity contribution in [1.29, 1.82) is 0 Å². The van der Waals surface area contributed by atoms with Gasteiger partial charge in [-0.1, -0.05) is 49.1 Å². The number of hydrogen-bond acceptors (Lipinski definition) is 2. The lowest BCUT2D eigenvalue weighted by Crippen LogP contribution is -2.53. The normalized spacial score (nSPS) is 28.1. The van der Waals surface area contributed by atoms with Crippen LogP contribution in [0.3, 0.4) is 0 Å². The van der Waals surface area contributed by atoms with Gasteiger partial charge in [-0.15, -0.1) is 12.4 Å². The number of fused-ring (bicyclic) bond motifs is 2. The molecule has 1 saturated carbocycles. The molecule has 3 nitrogen and oxygen atoms in total. The number of carbonyl (C=O) groups is 1. The molecule has 0 spiro atoms. The molecule has 1 aliphatic carbocycles. The minimum atomic E-state index is -0.268. The molecule has 3 aliphatic rings. The lowest BCUT2D eigenvalue weighted by Gasteiger charge is -2.42. The number of amides is 1. The Labute approximate surface area is 158 Å². The van der Waals surface area contributed by atoms with E-state index in [1.807, 2.05) is 0 Å². The summed E-state index contributed by atoms with van der Waals surface area (Å²) in [5.74, 6) is 0.434. The fraction of sp³-hybridized carbons (Fsp3) is 0.667. The SMILES string of the molecule is Cc1cccc(C2(C(=O)N3C4CCNCC3CC4)CCCCC2)c1.Cl. The zero-order chi connectivity index (χ0) is 16.6. The molecule has 1 amide bonds. The fourth-order valence-corrected chi connectivity index (χ4v) is 5.29. The van der Waals surface area contributed by atoms with Crippen molar-refractivity contribution >= 4 is 18.3 Å². The van der Waals surface area contributed by atoms with Crippen LogP contribution in [0.1, 0.15) is 62.5 Å². The van der Waals surface area contributed by atoms with Gasteiger partial charge in [0.25, 0.3) is 0 Å². The standard InChI is InChI=1S/C21H30N2O.ClH/c1-16-6-5-7-17(14-16)21(11-3-2-4-12-21)20(24)23-18-8-9-19(23)15-22-13-10-18;/h5-7,14,18-19,22H,2-4,8-13,15H2,1H3;1H. The second-order valence-electron chi connectivity index (χ2n) is 8.10. The summed E-state index contributed by atoms with van der Waals surface area (Å²) in [6, 6.07) is 9.61. The van der Waals surface area contributed by atoms with E-state index in [0.29, 0.717) is 18.0 Å². The van der Waals surface area contributed by atoms with E-state index in [-0.39, 0.29) is 17.8 Å². The van der Waals surface area contributed by atoms with Gasteiger partial charge in [0.05, 0.1) is 5.41 Å². The zero-order valence-corrected chi connectivity index (χ0v) is 16.1. The van der Waals surface area contributed by atoms with Crippen LogP contribution in [-0.2, 0) is 10.2 Å². The fourth-order valence-electron chi connectivity index (χ4n) is 5.29. The molecule has 4 heteroatoms. The van der Waals surface area contributed by atoms with Gasteiger partial charge < -0.3 is 10.2 Å². The Balaban J connectivity index is 0.00000182.